The van der Waals surface area contributed by atoms with Gasteiger partial charge in [-0.25, -0.2) is 4.98 Å². The van der Waals surface area contributed by atoms with Crippen LogP contribution in [0.2, 0.25) is 0 Å². The fourth-order valence-electron chi connectivity index (χ4n) is 2.50. The Balaban J connectivity index is 2.02. The van der Waals surface area contributed by atoms with Crippen molar-refractivity contribution in [3.8, 4) is 0 Å². The maximum Gasteiger partial charge on any atom is 0.147 e. The molecule has 0 aromatic carbocycles. The first-order chi connectivity index (χ1) is 8.19. The number of hydrogen-bond donors (Lipinski definition) is 2. The molecule has 17 heavy (non-hydrogen) atoms. The van der Waals surface area contributed by atoms with Crippen LogP contribution in [0.5, 0.6) is 0 Å². The van der Waals surface area contributed by atoms with Crippen molar-refractivity contribution in [1.29, 1.82) is 0 Å². The van der Waals surface area contributed by atoms with Crippen molar-refractivity contribution in [3.63, 3.8) is 0 Å². The highest BCUT2D eigenvalue weighted by Gasteiger charge is 2.21. The molecule has 1 saturated carbocycles. The molecule has 1 aliphatic carbocycles. The van der Waals surface area contributed by atoms with Gasteiger partial charge in [0.2, 0.25) is 0 Å². The van der Waals surface area contributed by atoms with Crippen molar-refractivity contribution >= 4 is 5.82 Å². The number of aryl methyl sites for hydroxylation is 2. The summed E-state index contributed by atoms with van der Waals surface area (Å²) in [6.45, 7) is 4.77. The molecule has 0 spiro atoms. The molecular weight excluding hydrogens is 212 g/mol. The van der Waals surface area contributed by atoms with Gasteiger partial charge in [0.15, 0.2) is 0 Å². The van der Waals surface area contributed by atoms with Crippen molar-refractivity contribution in [3.05, 3.63) is 17.6 Å². The molecule has 0 bridgehead atoms. The van der Waals surface area contributed by atoms with Gasteiger partial charge in [-0.2, -0.15) is 0 Å². The van der Waals surface area contributed by atoms with Crippen molar-refractivity contribution in [2.75, 3.05) is 11.9 Å². The van der Waals surface area contributed by atoms with Gasteiger partial charge in [-0.1, -0.05) is 6.42 Å². The minimum atomic E-state index is 0.507. The van der Waals surface area contributed by atoms with Gasteiger partial charge >= 0.3 is 0 Å². The fourth-order valence-corrected chi connectivity index (χ4v) is 2.50. The van der Waals surface area contributed by atoms with Crippen molar-refractivity contribution in [2.45, 2.75) is 45.6 Å². The number of nitrogens with one attached hydrogen (secondary N) is 1. The number of nitrogens with zero attached hydrogens (tertiary/aromatic N) is 2. The van der Waals surface area contributed by atoms with Crippen molar-refractivity contribution in [1.82, 2.24) is 9.97 Å². The van der Waals surface area contributed by atoms with Gasteiger partial charge in [0.05, 0.1) is 11.4 Å². The lowest BCUT2D eigenvalue weighted by molar-refractivity contribution is 0.341. The molecule has 4 heteroatoms. The van der Waals surface area contributed by atoms with E-state index in [1.54, 1.807) is 0 Å². The Morgan fingerprint density at radius 1 is 1.41 bits per heavy atom. The number of aromatic nitrogens is 2. The normalized spacial score (nSPS) is 24.6. The molecule has 0 radical (unpaired) electrons. The molecule has 3 N–H and O–H groups in total. The van der Waals surface area contributed by atoms with E-state index in [9.17, 15) is 0 Å². The zero-order valence-corrected chi connectivity index (χ0v) is 10.7. The zero-order valence-electron chi connectivity index (χ0n) is 10.7. The van der Waals surface area contributed by atoms with E-state index in [4.69, 9.17) is 5.73 Å². The third-order valence-electron chi connectivity index (χ3n) is 3.53. The molecule has 1 aromatic heterocycles. The van der Waals surface area contributed by atoms with Crippen LogP contribution in [0.4, 0.5) is 5.82 Å². The zero-order chi connectivity index (χ0) is 12.3. The number of rotatable bonds is 3. The minimum Gasteiger partial charge on any atom is -0.366 e. The summed E-state index contributed by atoms with van der Waals surface area (Å²) in [6.07, 6.45) is 6.71. The van der Waals surface area contributed by atoms with Gasteiger partial charge in [-0.15, -0.1) is 0 Å². The summed E-state index contributed by atoms with van der Waals surface area (Å²) in [6, 6.07) is 0.507. The summed E-state index contributed by atoms with van der Waals surface area (Å²) in [4.78, 5) is 8.85. The number of nitrogens with two attached hydrogens (primary N) is 1. The standard InChI is InChI=1S/C13H22N4/c1-9-8-15-10(2)13(16-9)17-12-5-3-4-11(6-12)7-14/h8,11-12H,3-7,14H2,1-2H3,(H,16,17). The Bertz CT molecular complexity index is 378. The highest BCUT2D eigenvalue weighted by molar-refractivity contribution is 5.40. The van der Waals surface area contributed by atoms with Crippen LogP contribution in [-0.2, 0) is 0 Å². The Morgan fingerprint density at radius 3 is 3.00 bits per heavy atom. The van der Waals surface area contributed by atoms with Gasteiger partial charge in [-0.3, -0.25) is 4.98 Å². The highest BCUT2D eigenvalue weighted by Crippen LogP contribution is 2.26. The average Bonchev–Trinajstić information content (AvgIpc) is 2.34. The van der Waals surface area contributed by atoms with E-state index in [2.05, 4.69) is 15.3 Å². The van der Waals surface area contributed by atoms with Gasteiger partial charge in [0, 0.05) is 12.2 Å². The lowest BCUT2D eigenvalue weighted by Crippen LogP contribution is -2.31. The van der Waals surface area contributed by atoms with E-state index < -0.39 is 0 Å². The molecule has 2 unspecified atom stereocenters. The molecule has 1 aromatic rings. The SMILES string of the molecule is Cc1cnc(C)c(NC2CCCC(CN)C2)n1. The van der Waals surface area contributed by atoms with E-state index in [0.717, 1.165) is 30.2 Å². The largest absolute Gasteiger partial charge is 0.366 e. The molecule has 0 amide bonds. The van der Waals surface area contributed by atoms with E-state index in [1.165, 1.54) is 19.3 Å². The monoisotopic (exact) mass is 234 g/mol. The number of hydrogen-bond acceptors (Lipinski definition) is 4. The summed E-state index contributed by atoms with van der Waals surface area (Å²) in [5.41, 5.74) is 7.70. The molecule has 4 nitrogen and oxygen atoms in total. The summed E-state index contributed by atoms with van der Waals surface area (Å²) in [7, 11) is 0. The second kappa shape index (κ2) is 5.45. The first-order valence-corrected chi connectivity index (χ1v) is 6.46. The molecule has 0 aliphatic heterocycles. The Morgan fingerprint density at radius 2 is 2.24 bits per heavy atom. The van der Waals surface area contributed by atoms with Crippen molar-refractivity contribution < 1.29 is 0 Å². The lowest BCUT2D eigenvalue weighted by Gasteiger charge is -2.29. The highest BCUT2D eigenvalue weighted by atomic mass is 15.0. The predicted molar refractivity (Wildman–Crippen MR) is 69.9 cm³/mol. The van der Waals surface area contributed by atoms with Crippen LogP contribution in [0, 0.1) is 19.8 Å². The van der Waals surface area contributed by atoms with Crippen LogP contribution in [0.15, 0.2) is 6.20 Å². The Labute approximate surface area is 103 Å². The maximum atomic E-state index is 5.76. The molecule has 1 fully saturated rings. The summed E-state index contributed by atoms with van der Waals surface area (Å²) in [5.74, 6) is 1.60. The van der Waals surface area contributed by atoms with E-state index in [1.807, 2.05) is 20.0 Å². The molecule has 1 heterocycles. The molecular formula is C13H22N4. The van der Waals surface area contributed by atoms with E-state index in [-0.39, 0.29) is 0 Å². The topological polar surface area (TPSA) is 63.8 Å². The van der Waals surface area contributed by atoms with Crippen LogP contribution < -0.4 is 11.1 Å². The fraction of sp³-hybridized carbons (Fsp3) is 0.692. The first-order valence-electron chi connectivity index (χ1n) is 6.46. The summed E-state index contributed by atoms with van der Waals surface area (Å²) in [5, 5.41) is 3.53. The third-order valence-corrected chi connectivity index (χ3v) is 3.53. The molecule has 0 saturated heterocycles. The minimum absolute atomic E-state index is 0.507. The van der Waals surface area contributed by atoms with E-state index in [0.29, 0.717) is 12.0 Å². The summed E-state index contributed by atoms with van der Waals surface area (Å²) < 4.78 is 0. The second-order valence-corrected chi connectivity index (χ2v) is 5.05. The van der Waals surface area contributed by atoms with Crippen LogP contribution in [0.25, 0.3) is 0 Å². The molecule has 2 rings (SSSR count). The third kappa shape index (κ3) is 3.16. The van der Waals surface area contributed by atoms with Gasteiger partial charge in [0.1, 0.15) is 5.82 Å². The molecule has 1 aliphatic rings. The number of anilines is 1. The predicted octanol–water partition coefficient (Wildman–Crippen LogP) is 2.02. The van der Waals surface area contributed by atoms with E-state index >= 15 is 0 Å². The van der Waals surface area contributed by atoms with Crippen LogP contribution in [-0.4, -0.2) is 22.6 Å². The summed E-state index contributed by atoms with van der Waals surface area (Å²) >= 11 is 0. The average molecular weight is 234 g/mol. The molecule has 94 valence electrons. The smallest absolute Gasteiger partial charge is 0.147 e. The van der Waals surface area contributed by atoms with Crippen molar-refractivity contribution in [2.24, 2.45) is 11.7 Å². The maximum absolute atomic E-state index is 5.76. The first kappa shape index (κ1) is 12.3. The lowest BCUT2D eigenvalue weighted by atomic mass is 9.86. The van der Waals surface area contributed by atoms with Gasteiger partial charge in [0.25, 0.3) is 0 Å². The Kier molecular flexibility index (Phi) is 3.94. The quantitative estimate of drug-likeness (QED) is 0.840. The Hall–Kier alpha value is -1.16. The van der Waals surface area contributed by atoms with Gasteiger partial charge in [-0.05, 0) is 45.6 Å². The molecule has 2 atom stereocenters. The van der Waals surface area contributed by atoms with Crippen LogP contribution in [0.1, 0.15) is 37.1 Å². The van der Waals surface area contributed by atoms with Crippen LogP contribution >= 0.6 is 0 Å². The van der Waals surface area contributed by atoms with Crippen LogP contribution in [0.3, 0.4) is 0 Å². The second-order valence-electron chi connectivity index (χ2n) is 5.05. The van der Waals surface area contributed by atoms with Gasteiger partial charge < -0.3 is 11.1 Å².